The minimum Gasteiger partial charge on any atom is -0.460 e. The van der Waals surface area contributed by atoms with E-state index < -0.39 is 5.97 Å². The number of esters is 1. The number of rotatable bonds is 7. The number of carbonyl (C=O) groups excluding carboxylic acids is 3. The van der Waals surface area contributed by atoms with Crippen molar-refractivity contribution in [2.45, 2.75) is 6.92 Å². The van der Waals surface area contributed by atoms with Crippen molar-refractivity contribution in [3.8, 4) is 0 Å². The summed E-state index contributed by atoms with van der Waals surface area (Å²) >= 11 is 0. The summed E-state index contributed by atoms with van der Waals surface area (Å²) in [6, 6.07) is 6.71. The molecule has 6 heteroatoms. The van der Waals surface area contributed by atoms with Gasteiger partial charge in [0.2, 0.25) is 0 Å². The summed E-state index contributed by atoms with van der Waals surface area (Å²) in [5.41, 5.74) is 1.16. The van der Waals surface area contributed by atoms with Crippen LogP contribution >= 0.6 is 0 Å². The molecular formula is C16H17NO5. The summed E-state index contributed by atoms with van der Waals surface area (Å²) in [4.78, 5) is 36.4. The fraction of sp³-hybridized carbons (Fsp3) is 0.312. The average molecular weight is 303 g/mol. The minimum absolute atomic E-state index is 0.105. The Bertz CT molecular complexity index is 588. The number of amides is 2. The SMILES string of the molecule is C=C(C)C(=O)OCCOCCN1C(=O)c2ccccc2C1=O. The summed E-state index contributed by atoms with van der Waals surface area (Å²) in [6.07, 6.45) is 0. The molecule has 1 aliphatic rings. The van der Waals surface area contributed by atoms with E-state index in [9.17, 15) is 14.4 Å². The summed E-state index contributed by atoms with van der Waals surface area (Å²) in [5, 5.41) is 0. The predicted molar refractivity (Wildman–Crippen MR) is 78.4 cm³/mol. The molecule has 6 nitrogen and oxygen atoms in total. The molecule has 22 heavy (non-hydrogen) atoms. The van der Waals surface area contributed by atoms with Crippen molar-refractivity contribution >= 4 is 17.8 Å². The molecule has 2 amide bonds. The van der Waals surface area contributed by atoms with Gasteiger partial charge in [-0.25, -0.2) is 4.79 Å². The first-order valence-electron chi connectivity index (χ1n) is 6.88. The van der Waals surface area contributed by atoms with E-state index in [1.807, 2.05) is 0 Å². The highest BCUT2D eigenvalue weighted by Crippen LogP contribution is 2.21. The van der Waals surface area contributed by atoms with Gasteiger partial charge in [-0.05, 0) is 19.1 Å². The summed E-state index contributed by atoms with van der Waals surface area (Å²) < 4.78 is 10.1. The second-order valence-corrected chi connectivity index (χ2v) is 4.84. The number of carbonyl (C=O) groups is 3. The second kappa shape index (κ2) is 7.00. The largest absolute Gasteiger partial charge is 0.460 e. The molecule has 0 saturated carbocycles. The monoisotopic (exact) mass is 303 g/mol. The summed E-state index contributed by atoms with van der Waals surface area (Å²) in [6.45, 7) is 5.68. The molecule has 116 valence electrons. The van der Waals surface area contributed by atoms with Crippen molar-refractivity contribution < 1.29 is 23.9 Å². The van der Waals surface area contributed by atoms with Gasteiger partial charge in [-0.3, -0.25) is 14.5 Å². The highest BCUT2D eigenvalue weighted by atomic mass is 16.6. The maximum Gasteiger partial charge on any atom is 0.333 e. The van der Waals surface area contributed by atoms with Crippen molar-refractivity contribution in [3.63, 3.8) is 0 Å². The van der Waals surface area contributed by atoms with Crippen molar-refractivity contribution in [3.05, 3.63) is 47.5 Å². The highest BCUT2D eigenvalue weighted by molar-refractivity contribution is 6.21. The van der Waals surface area contributed by atoms with E-state index in [-0.39, 0.29) is 38.2 Å². The molecule has 0 atom stereocenters. The summed E-state index contributed by atoms with van der Waals surface area (Å²) in [5.74, 6) is -1.08. The van der Waals surface area contributed by atoms with Gasteiger partial charge in [0.25, 0.3) is 11.8 Å². The number of benzene rings is 1. The minimum atomic E-state index is -0.469. The van der Waals surface area contributed by atoms with Crippen LogP contribution in [-0.2, 0) is 14.3 Å². The Morgan fingerprint density at radius 3 is 2.23 bits per heavy atom. The van der Waals surface area contributed by atoms with Crippen LogP contribution in [0.25, 0.3) is 0 Å². The van der Waals surface area contributed by atoms with Gasteiger partial charge < -0.3 is 9.47 Å². The van der Waals surface area contributed by atoms with Crippen LogP contribution in [0.4, 0.5) is 0 Å². The topological polar surface area (TPSA) is 72.9 Å². The normalized spacial score (nSPS) is 13.2. The smallest absolute Gasteiger partial charge is 0.333 e. The number of fused-ring (bicyclic) bond motifs is 1. The van der Waals surface area contributed by atoms with E-state index in [0.29, 0.717) is 16.7 Å². The van der Waals surface area contributed by atoms with E-state index in [0.717, 1.165) is 4.90 Å². The van der Waals surface area contributed by atoms with E-state index in [4.69, 9.17) is 9.47 Å². The van der Waals surface area contributed by atoms with Gasteiger partial charge >= 0.3 is 5.97 Å². The Morgan fingerprint density at radius 1 is 1.09 bits per heavy atom. The van der Waals surface area contributed by atoms with Crippen LogP contribution < -0.4 is 0 Å². The summed E-state index contributed by atoms with van der Waals surface area (Å²) in [7, 11) is 0. The number of imide groups is 1. The van der Waals surface area contributed by atoms with Crippen molar-refractivity contribution in [2.75, 3.05) is 26.4 Å². The van der Waals surface area contributed by atoms with Crippen LogP contribution in [-0.4, -0.2) is 49.0 Å². The molecule has 1 aromatic rings. The molecule has 0 aliphatic carbocycles. The van der Waals surface area contributed by atoms with Gasteiger partial charge in [-0.1, -0.05) is 18.7 Å². The zero-order valence-electron chi connectivity index (χ0n) is 12.3. The lowest BCUT2D eigenvalue weighted by Gasteiger charge is -2.13. The third-order valence-corrected chi connectivity index (χ3v) is 3.15. The first-order chi connectivity index (χ1) is 10.5. The lowest BCUT2D eigenvalue weighted by atomic mass is 10.1. The number of ether oxygens (including phenoxy) is 2. The van der Waals surface area contributed by atoms with Crippen molar-refractivity contribution in [1.29, 1.82) is 0 Å². The molecular weight excluding hydrogens is 286 g/mol. The van der Waals surface area contributed by atoms with E-state index >= 15 is 0 Å². The Hall–Kier alpha value is -2.47. The van der Waals surface area contributed by atoms with Crippen LogP contribution in [0.5, 0.6) is 0 Å². The van der Waals surface area contributed by atoms with Gasteiger partial charge in [-0.2, -0.15) is 0 Å². The maximum absolute atomic E-state index is 12.1. The molecule has 1 aromatic carbocycles. The number of hydrogen-bond acceptors (Lipinski definition) is 5. The van der Waals surface area contributed by atoms with Gasteiger partial charge in [0.05, 0.1) is 30.9 Å². The molecule has 0 fully saturated rings. The molecule has 1 heterocycles. The van der Waals surface area contributed by atoms with Crippen molar-refractivity contribution in [1.82, 2.24) is 4.90 Å². The van der Waals surface area contributed by atoms with Gasteiger partial charge in [0.1, 0.15) is 6.61 Å². The average Bonchev–Trinajstić information content (AvgIpc) is 2.75. The van der Waals surface area contributed by atoms with Gasteiger partial charge in [0.15, 0.2) is 0 Å². The zero-order chi connectivity index (χ0) is 16.1. The van der Waals surface area contributed by atoms with Crippen LogP contribution in [0.2, 0.25) is 0 Å². The predicted octanol–water partition coefficient (Wildman–Crippen LogP) is 1.42. The highest BCUT2D eigenvalue weighted by Gasteiger charge is 2.34. The van der Waals surface area contributed by atoms with E-state index in [1.165, 1.54) is 0 Å². The quantitative estimate of drug-likeness (QED) is 0.330. The Balaban J connectivity index is 1.73. The lowest BCUT2D eigenvalue weighted by Crippen LogP contribution is -2.33. The third kappa shape index (κ3) is 3.40. The molecule has 1 aliphatic heterocycles. The van der Waals surface area contributed by atoms with E-state index in [1.54, 1.807) is 31.2 Å². The maximum atomic E-state index is 12.1. The van der Waals surface area contributed by atoms with Crippen LogP contribution in [0.15, 0.2) is 36.4 Å². The zero-order valence-corrected chi connectivity index (χ0v) is 12.3. The molecule has 0 aromatic heterocycles. The Morgan fingerprint density at radius 2 is 1.68 bits per heavy atom. The lowest BCUT2D eigenvalue weighted by molar-refractivity contribution is -0.140. The molecule has 0 unspecified atom stereocenters. The Labute approximate surface area is 128 Å². The molecule has 0 N–H and O–H groups in total. The number of nitrogens with zero attached hydrogens (tertiary/aromatic N) is 1. The first kappa shape index (κ1) is 15.9. The second-order valence-electron chi connectivity index (χ2n) is 4.84. The van der Waals surface area contributed by atoms with Crippen LogP contribution in [0.1, 0.15) is 27.6 Å². The molecule has 0 bridgehead atoms. The molecule has 0 saturated heterocycles. The standard InChI is InChI=1S/C16H17NO5/c1-11(2)16(20)22-10-9-21-8-7-17-14(18)12-5-3-4-6-13(12)15(17)19/h3-6H,1,7-10H2,2H3. The number of hydrogen-bond donors (Lipinski definition) is 0. The van der Waals surface area contributed by atoms with Crippen LogP contribution in [0.3, 0.4) is 0 Å². The van der Waals surface area contributed by atoms with Gasteiger partial charge in [0, 0.05) is 5.57 Å². The third-order valence-electron chi connectivity index (χ3n) is 3.15. The molecule has 2 rings (SSSR count). The first-order valence-corrected chi connectivity index (χ1v) is 6.88. The molecule has 0 radical (unpaired) electrons. The van der Waals surface area contributed by atoms with E-state index in [2.05, 4.69) is 6.58 Å². The fourth-order valence-corrected chi connectivity index (χ4v) is 2.02. The fourth-order valence-electron chi connectivity index (χ4n) is 2.02. The molecule has 0 spiro atoms. The van der Waals surface area contributed by atoms with Gasteiger partial charge in [-0.15, -0.1) is 0 Å². The van der Waals surface area contributed by atoms with Crippen LogP contribution in [0, 0.1) is 0 Å². The Kier molecular flexibility index (Phi) is 5.06. The van der Waals surface area contributed by atoms with Crippen molar-refractivity contribution in [2.24, 2.45) is 0 Å².